The molecular weight excluding hydrogens is 232 g/mol. The van der Waals surface area contributed by atoms with E-state index in [0.717, 1.165) is 6.26 Å². The number of hydrogen-bond acceptors (Lipinski definition) is 4. The largest absolute Gasteiger partial charge is 0.481 e. The fourth-order valence-electron chi connectivity index (χ4n) is 2.16. The van der Waals surface area contributed by atoms with Gasteiger partial charge in [-0.25, -0.2) is 8.42 Å². The predicted molar refractivity (Wildman–Crippen MR) is 59.7 cm³/mol. The number of sulfonamides is 1. The van der Waals surface area contributed by atoms with Gasteiger partial charge in [0, 0.05) is 25.2 Å². The molecule has 0 aliphatic carbocycles. The van der Waals surface area contributed by atoms with Crippen LogP contribution in [0.5, 0.6) is 0 Å². The van der Waals surface area contributed by atoms with Gasteiger partial charge in [0.2, 0.25) is 10.0 Å². The van der Waals surface area contributed by atoms with E-state index in [2.05, 4.69) is 0 Å². The molecule has 0 spiro atoms. The highest BCUT2D eigenvalue weighted by Crippen LogP contribution is 2.20. The lowest BCUT2D eigenvalue weighted by Crippen LogP contribution is -2.58. The number of piperazine rings is 1. The van der Waals surface area contributed by atoms with Crippen LogP contribution < -0.4 is 0 Å². The molecule has 0 bridgehead atoms. The maximum Gasteiger partial charge on any atom is 0.304 e. The van der Waals surface area contributed by atoms with E-state index in [1.807, 2.05) is 11.9 Å². The first kappa shape index (κ1) is 13.4. The highest BCUT2D eigenvalue weighted by molar-refractivity contribution is 7.88. The van der Waals surface area contributed by atoms with E-state index in [0.29, 0.717) is 13.1 Å². The maximum absolute atomic E-state index is 11.5. The van der Waals surface area contributed by atoms with Crippen LogP contribution in [0.2, 0.25) is 0 Å². The number of hydrogen-bond donors (Lipinski definition) is 1. The minimum atomic E-state index is -3.25. The van der Waals surface area contributed by atoms with E-state index in [9.17, 15) is 13.2 Å². The summed E-state index contributed by atoms with van der Waals surface area (Å²) in [4.78, 5) is 12.6. The number of carboxylic acid groups (broad SMARTS) is 1. The Bertz CT molecular complexity index is 368. The zero-order chi connectivity index (χ0) is 12.5. The molecule has 1 aliphatic rings. The fraction of sp³-hybridized carbons (Fsp3) is 0.889. The number of carbonyl (C=O) groups is 1. The van der Waals surface area contributed by atoms with Gasteiger partial charge < -0.3 is 5.11 Å². The van der Waals surface area contributed by atoms with Crippen LogP contribution in [-0.2, 0) is 14.8 Å². The summed E-state index contributed by atoms with van der Waals surface area (Å²) in [5, 5.41) is 8.80. The Morgan fingerprint density at radius 2 is 2.00 bits per heavy atom. The molecule has 1 rings (SSSR count). The number of nitrogens with zero attached hydrogens (tertiary/aromatic N) is 2. The quantitative estimate of drug-likeness (QED) is 0.725. The Morgan fingerprint density at radius 1 is 1.44 bits per heavy atom. The summed E-state index contributed by atoms with van der Waals surface area (Å²) < 4.78 is 24.4. The van der Waals surface area contributed by atoms with Gasteiger partial charge in [-0.3, -0.25) is 9.69 Å². The van der Waals surface area contributed by atoms with Gasteiger partial charge in [0.25, 0.3) is 0 Å². The number of aliphatic carboxylic acids is 1. The van der Waals surface area contributed by atoms with Gasteiger partial charge >= 0.3 is 5.97 Å². The third-order valence-corrected chi connectivity index (χ3v) is 4.43. The minimum Gasteiger partial charge on any atom is -0.481 e. The van der Waals surface area contributed by atoms with Crippen molar-refractivity contribution in [1.82, 2.24) is 9.21 Å². The van der Waals surface area contributed by atoms with Crippen LogP contribution in [0.1, 0.15) is 13.3 Å². The molecule has 0 amide bonds. The van der Waals surface area contributed by atoms with Crippen molar-refractivity contribution in [3.05, 3.63) is 0 Å². The summed E-state index contributed by atoms with van der Waals surface area (Å²) in [6, 6.07) is -0.564. The summed E-state index contributed by atoms with van der Waals surface area (Å²) in [7, 11) is -1.43. The lowest BCUT2D eigenvalue weighted by atomic mass is 10.0. The summed E-state index contributed by atoms with van der Waals surface area (Å²) in [6.45, 7) is 2.74. The molecule has 0 aromatic heterocycles. The Labute approximate surface area is 95.9 Å². The zero-order valence-electron chi connectivity index (χ0n) is 9.75. The molecule has 1 N–H and O–H groups in total. The lowest BCUT2D eigenvalue weighted by molar-refractivity contribution is -0.139. The van der Waals surface area contributed by atoms with Crippen LogP contribution in [0.3, 0.4) is 0 Å². The molecule has 16 heavy (non-hydrogen) atoms. The first-order valence-electron chi connectivity index (χ1n) is 5.12. The van der Waals surface area contributed by atoms with Crippen molar-refractivity contribution in [1.29, 1.82) is 0 Å². The first-order valence-corrected chi connectivity index (χ1v) is 6.97. The van der Waals surface area contributed by atoms with Crippen LogP contribution in [0.4, 0.5) is 0 Å². The van der Waals surface area contributed by atoms with Crippen molar-refractivity contribution in [3.63, 3.8) is 0 Å². The standard InChI is InChI=1S/C9H18N2O4S/c1-7-8(6-9(12)13)10(2)4-5-11(7)16(3,14)15/h7-8H,4-6H2,1-3H3,(H,12,13). The lowest BCUT2D eigenvalue weighted by Gasteiger charge is -2.43. The topological polar surface area (TPSA) is 77.9 Å². The van der Waals surface area contributed by atoms with E-state index in [-0.39, 0.29) is 18.5 Å². The molecule has 2 atom stereocenters. The summed E-state index contributed by atoms with van der Waals surface area (Å²) in [5.41, 5.74) is 0. The van der Waals surface area contributed by atoms with Crippen molar-refractivity contribution in [3.8, 4) is 0 Å². The molecule has 1 saturated heterocycles. The van der Waals surface area contributed by atoms with E-state index in [1.165, 1.54) is 4.31 Å². The average molecular weight is 250 g/mol. The van der Waals surface area contributed by atoms with E-state index < -0.39 is 16.0 Å². The molecule has 0 aromatic carbocycles. The summed E-state index contributed by atoms with van der Waals surface area (Å²) in [6.07, 6.45) is 1.12. The van der Waals surface area contributed by atoms with Crippen LogP contribution in [0.25, 0.3) is 0 Å². The normalized spacial score (nSPS) is 29.2. The van der Waals surface area contributed by atoms with Gasteiger partial charge in [0.15, 0.2) is 0 Å². The van der Waals surface area contributed by atoms with Gasteiger partial charge in [0.05, 0.1) is 12.7 Å². The third kappa shape index (κ3) is 2.93. The van der Waals surface area contributed by atoms with E-state index in [1.54, 1.807) is 6.92 Å². The van der Waals surface area contributed by atoms with Gasteiger partial charge in [-0.05, 0) is 14.0 Å². The molecule has 7 heteroatoms. The van der Waals surface area contributed by atoms with Crippen molar-refractivity contribution < 1.29 is 18.3 Å². The molecule has 1 fully saturated rings. The fourth-order valence-corrected chi connectivity index (χ4v) is 3.32. The molecule has 2 unspecified atom stereocenters. The van der Waals surface area contributed by atoms with E-state index in [4.69, 9.17) is 5.11 Å². The monoisotopic (exact) mass is 250 g/mol. The molecule has 94 valence electrons. The molecule has 6 nitrogen and oxygen atoms in total. The van der Waals surface area contributed by atoms with Gasteiger partial charge in [0.1, 0.15) is 0 Å². The van der Waals surface area contributed by atoms with Gasteiger partial charge in [-0.1, -0.05) is 0 Å². The minimum absolute atomic E-state index is 0.0380. The summed E-state index contributed by atoms with van der Waals surface area (Å²) >= 11 is 0. The van der Waals surface area contributed by atoms with Gasteiger partial charge in [-0.15, -0.1) is 0 Å². The first-order chi connectivity index (χ1) is 7.23. The molecule has 0 radical (unpaired) electrons. The second-order valence-electron chi connectivity index (χ2n) is 4.26. The Balaban J connectivity index is 2.87. The molecule has 0 saturated carbocycles. The molecule has 0 aromatic rings. The number of likely N-dealkylation sites (N-methyl/N-ethyl adjacent to an activating group) is 1. The zero-order valence-corrected chi connectivity index (χ0v) is 10.6. The van der Waals surface area contributed by atoms with Crippen molar-refractivity contribution in [2.45, 2.75) is 25.4 Å². The Morgan fingerprint density at radius 3 is 2.44 bits per heavy atom. The van der Waals surface area contributed by atoms with Crippen molar-refractivity contribution in [2.24, 2.45) is 0 Å². The smallest absolute Gasteiger partial charge is 0.304 e. The Kier molecular flexibility index (Phi) is 3.92. The Hall–Kier alpha value is -0.660. The third-order valence-electron chi connectivity index (χ3n) is 3.06. The maximum atomic E-state index is 11.5. The van der Waals surface area contributed by atoms with Crippen LogP contribution in [0, 0.1) is 0 Å². The second-order valence-corrected chi connectivity index (χ2v) is 6.20. The van der Waals surface area contributed by atoms with Crippen LogP contribution in [-0.4, -0.2) is 67.2 Å². The number of carboxylic acids is 1. The average Bonchev–Trinajstić information content (AvgIpc) is 2.09. The molecular formula is C9H18N2O4S. The summed E-state index contributed by atoms with van der Waals surface area (Å²) in [5.74, 6) is -0.904. The number of rotatable bonds is 3. The van der Waals surface area contributed by atoms with Crippen LogP contribution in [0.15, 0.2) is 0 Å². The molecule has 1 heterocycles. The van der Waals surface area contributed by atoms with Crippen molar-refractivity contribution >= 4 is 16.0 Å². The highest BCUT2D eigenvalue weighted by atomic mass is 32.2. The van der Waals surface area contributed by atoms with Crippen LogP contribution >= 0.6 is 0 Å². The molecule has 1 aliphatic heterocycles. The highest BCUT2D eigenvalue weighted by Gasteiger charge is 2.37. The van der Waals surface area contributed by atoms with E-state index >= 15 is 0 Å². The predicted octanol–water partition coefficient (Wildman–Crippen LogP) is -0.575. The SMILES string of the molecule is CC1C(CC(=O)O)N(C)CCN1S(C)(=O)=O. The second kappa shape index (κ2) is 4.68. The van der Waals surface area contributed by atoms with Crippen molar-refractivity contribution in [2.75, 3.05) is 26.4 Å². The van der Waals surface area contributed by atoms with Gasteiger partial charge in [-0.2, -0.15) is 4.31 Å².